The number of benzene rings is 1. The van der Waals surface area contributed by atoms with Gasteiger partial charge < -0.3 is 4.74 Å². The number of aliphatic imine (C=N–C) groups is 1. The van der Waals surface area contributed by atoms with Gasteiger partial charge in [0.15, 0.2) is 0 Å². The summed E-state index contributed by atoms with van der Waals surface area (Å²) in [4.78, 5) is 13.4. The molecule has 0 saturated heterocycles. The van der Waals surface area contributed by atoms with E-state index in [2.05, 4.69) is 11.9 Å². The molecule has 1 rings (SSSR count). The molecule has 0 aromatic heterocycles. The molecule has 0 aliphatic rings. The molecule has 0 N–H and O–H groups in total. The maximum Gasteiger partial charge on any atom is 0.234 e. The van der Waals surface area contributed by atoms with E-state index in [0.717, 1.165) is 37.2 Å². The van der Waals surface area contributed by atoms with E-state index in [0.29, 0.717) is 6.54 Å². The lowest BCUT2D eigenvalue weighted by Gasteiger charge is -2.05. The van der Waals surface area contributed by atoms with Crippen LogP contribution < -0.4 is 4.74 Å². The van der Waals surface area contributed by atoms with Gasteiger partial charge in [-0.1, -0.05) is 25.5 Å². The highest BCUT2D eigenvalue weighted by Gasteiger charge is 1.95. The largest absolute Gasteiger partial charge is 0.494 e. The van der Waals surface area contributed by atoms with Crippen molar-refractivity contribution < 1.29 is 9.53 Å². The summed E-state index contributed by atoms with van der Waals surface area (Å²) in [5.74, 6) is 0.899. The predicted octanol–water partition coefficient (Wildman–Crippen LogP) is 2.74. The summed E-state index contributed by atoms with van der Waals surface area (Å²) in [6.45, 7) is 3.41. The topological polar surface area (TPSA) is 38.7 Å². The summed E-state index contributed by atoms with van der Waals surface area (Å²) >= 11 is 0. The number of hydrogen-bond donors (Lipinski definition) is 0. The molecule has 1 aromatic rings. The second-order valence-electron chi connectivity index (χ2n) is 3.57. The van der Waals surface area contributed by atoms with E-state index in [1.807, 2.05) is 24.3 Å². The minimum Gasteiger partial charge on any atom is -0.494 e. The van der Waals surface area contributed by atoms with E-state index in [1.165, 1.54) is 6.08 Å². The second-order valence-corrected chi connectivity index (χ2v) is 3.57. The lowest BCUT2D eigenvalue weighted by Crippen LogP contribution is -1.96. The molecule has 0 bridgehead atoms. The minimum atomic E-state index is 0.500. The van der Waals surface area contributed by atoms with Crippen LogP contribution in [0.3, 0.4) is 0 Å². The summed E-state index contributed by atoms with van der Waals surface area (Å²) < 4.78 is 5.54. The molecule has 0 amide bonds. The summed E-state index contributed by atoms with van der Waals surface area (Å²) in [5, 5.41) is 0. The van der Waals surface area contributed by atoms with Crippen LogP contribution in [0.4, 0.5) is 0 Å². The molecule has 3 nitrogen and oxygen atoms in total. The maximum absolute atomic E-state index is 9.88. The first kappa shape index (κ1) is 12.5. The SMILES string of the molecule is CCCCOc1ccc(CCN=C=O)cc1. The monoisotopic (exact) mass is 219 g/mol. The fraction of sp³-hybridized carbons (Fsp3) is 0.462. The smallest absolute Gasteiger partial charge is 0.234 e. The number of nitrogens with zero attached hydrogens (tertiary/aromatic N) is 1. The van der Waals surface area contributed by atoms with Crippen LogP contribution in [0.15, 0.2) is 29.3 Å². The highest BCUT2D eigenvalue weighted by molar-refractivity contribution is 5.33. The summed E-state index contributed by atoms with van der Waals surface area (Å²) in [6, 6.07) is 7.91. The van der Waals surface area contributed by atoms with Crippen LogP contribution in [0.5, 0.6) is 5.75 Å². The van der Waals surface area contributed by atoms with E-state index < -0.39 is 0 Å². The lowest BCUT2D eigenvalue weighted by molar-refractivity contribution is 0.309. The Morgan fingerprint density at radius 1 is 1.31 bits per heavy atom. The Bertz CT molecular complexity index is 339. The van der Waals surface area contributed by atoms with Crippen LogP contribution in [-0.2, 0) is 11.2 Å². The molecule has 0 spiro atoms. The number of hydrogen-bond acceptors (Lipinski definition) is 3. The van der Waals surface area contributed by atoms with Gasteiger partial charge in [0.05, 0.1) is 13.2 Å². The fourth-order valence-electron chi connectivity index (χ4n) is 1.32. The van der Waals surface area contributed by atoms with Crippen LogP contribution in [0.25, 0.3) is 0 Å². The molecule has 0 unspecified atom stereocenters. The average Bonchev–Trinajstić information content (AvgIpc) is 2.32. The van der Waals surface area contributed by atoms with Gasteiger partial charge in [0.25, 0.3) is 0 Å². The van der Waals surface area contributed by atoms with Crippen LogP contribution in [-0.4, -0.2) is 19.2 Å². The van der Waals surface area contributed by atoms with Crippen molar-refractivity contribution >= 4 is 6.08 Å². The van der Waals surface area contributed by atoms with Gasteiger partial charge in [-0.15, -0.1) is 0 Å². The van der Waals surface area contributed by atoms with Crippen molar-refractivity contribution in [2.24, 2.45) is 4.99 Å². The van der Waals surface area contributed by atoms with Crippen molar-refractivity contribution in [1.82, 2.24) is 0 Å². The molecule has 0 aliphatic carbocycles. The maximum atomic E-state index is 9.88. The molecule has 1 aromatic carbocycles. The average molecular weight is 219 g/mol. The molecule has 0 fully saturated rings. The van der Waals surface area contributed by atoms with Gasteiger partial charge in [0.2, 0.25) is 6.08 Å². The van der Waals surface area contributed by atoms with Gasteiger partial charge in [-0.2, -0.15) is 0 Å². The third kappa shape index (κ3) is 4.76. The van der Waals surface area contributed by atoms with E-state index in [4.69, 9.17) is 4.74 Å². The third-order valence-corrected chi connectivity index (χ3v) is 2.27. The van der Waals surface area contributed by atoms with E-state index >= 15 is 0 Å². The van der Waals surface area contributed by atoms with Gasteiger partial charge in [-0.25, -0.2) is 9.79 Å². The highest BCUT2D eigenvalue weighted by Crippen LogP contribution is 2.13. The van der Waals surface area contributed by atoms with Crippen LogP contribution in [0.2, 0.25) is 0 Å². The van der Waals surface area contributed by atoms with Crippen molar-refractivity contribution in [3.05, 3.63) is 29.8 Å². The van der Waals surface area contributed by atoms with Gasteiger partial charge in [0, 0.05) is 0 Å². The Labute approximate surface area is 96.2 Å². The van der Waals surface area contributed by atoms with Crippen molar-refractivity contribution in [2.45, 2.75) is 26.2 Å². The normalized spacial score (nSPS) is 9.56. The van der Waals surface area contributed by atoms with E-state index in [-0.39, 0.29) is 0 Å². The molecule has 0 aliphatic heterocycles. The van der Waals surface area contributed by atoms with Crippen molar-refractivity contribution in [3.8, 4) is 5.75 Å². The Balaban J connectivity index is 2.38. The molecule has 0 heterocycles. The quantitative estimate of drug-likeness (QED) is 0.402. The van der Waals surface area contributed by atoms with Crippen LogP contribution in [0, 0.1) is 0 Å². The van der Waals surface area contributed by atoms with Crippen molar-refractivity contribution in [1.29, 1.82) is 0 Å². The number of carbonyl (C=O) groups excluding carboxylic acids is 1. The molecule has 3 heteroatoms. The Hall–Kier alpha value is -1.60. The van der Waals surface area contributed by atoms with E-state index in [1.54, 1.807) is 0 Å². The number of rotatable bonds is 7. The van der Waals surface area contributed by atoms with E-state index in [9.17, 15) is 4.79 Å². The Morgan fingerprint density at radius 2 is 2.06 bits per heavy atom. The molecular weight excluding hydrogens is 202 g/mol. The summed E-state index contributed by atoms with van der Waals surface area (Å²) in [7, 11) is 0. The second kappa shape index (κ2) is 7.66. The Morgan fingerprint density at radius 3 is 2.69 bits per heavy atom. The minimum absolute atomic E-state index is 0.500. The predicted molar refractivity (Wildman–Crippen MR) is 63.5 cm³/mol. The number of unbranched alkanes of at least 4 members (excludes halogenated alkanes) is 1. The molecule has 0 atom stereocenters. The molecular formula is C13H17NO2. The summed E-state index contributed by atoms with van der Waals surface area (Å²) in [6.07, 6.45) is 4.52. The third-order valence-electron chi connectivity index (χ3n) is 2.27. The molecule has 86 valence electrons. The zero-order valence-corrected chi connectivity index (χ0v) is 9.61. The standard InChI is InChI=1S/C13H17NO2/c1-2-3-10-16-13-6-4-12(5-7-13)8-9-14-11-15/h4-7H,2-3,8-10H2,1H3. The number of ether oxygens (including phenoxy) is 1. The molecule has 16 heavy (non-hydrogen) atoms. The summed E-state index contributed by atoms with van der Waals surface area (Å²) in [5.41, 5.74) is 1.15. The first-order valence-electron chi connectivity index (χ1n) is 5.62. The fourth-order valence-corrected chi connectivity index (χ4v) is 1.32. The zero-order valence-electron chi connectivity index (χ0n) is 9.61. The number of isocyanates is 1. The van der Waals surface area contributed by atoms with Crippen molar-refractivity contribution in [2.75, 3.05) is 13.2 Å². The first-order chi connectivity index (χ1) is 7.86. The zero-order chi connectivity index (χ0) is 11.6. The molecule has 0 saturated carbocycles. The Kier molecular flexibility index (Phi) is 5.97. The van der Waals surface area contributed by atoms with Gasteiger partial charge >= 0.3 is 0 Å². The van der Waals surface area contributed by atoms with Gasteiger partial charge in [0.1, 0.15) is 5.75 Å². The van der Waals surface area contributed by atoms with Crippen molar-refractivity contribution in [3.63, 3.8) is 0 Å². The van der Waals surface area contributed by atoms with Gasteiger partial charge in [-0.3, -0.25) is 0 Å². The highest BCUT2D eigenvalue weighted by atomic mass is 16.5. The molecule has 0 radical (unpaired) electrons. The lowest BCUT2D eigenvalue weighted by atomic mass is 10.1. The van der Waals surface area contributed by atoms with Crippen LogP contribution >= 0.6 is 0 Å². The first-order valence-corrected chi connectivity index (χ1v) is 5.62. The van der Waals surface area contributed by atoms with Crippen LogP contribution in [0.1, 0.15) is 25.3 Å². The van der Waals surface area contributed by atoms with Gasteiger partial charge in [-0.05, 0) is 30.5 Å².